The van der Waals surface area contributed by atoms with Gasteiger partial charge < -0.3 is 5.32 Å². The Morgan fingerprint density at radius 1 is 0.750 bits per heavy atom. The molecule has 144 valence electrons. The van der Waals surface area contributed by atoms with Crippen molar-refractivity contribution in [1.82, 2.24) is 0 Å². The number of para-hydroxylation sites is 2. The minimum absolute atomic E-state index is 0.458. The first-order valence-electron chi connectivity index (χ1n) is 8.60. The number of aryl methyl sites for hydroxylation is 3. The summed E-state index contributed by atoms with van der Waals surface area (Å²) in [6, 6.07) is 14.8. The monoisotopic (exact) mass is 450 g/mol. The Balaban J connectivity index is 2.25. The molecule has 28 heavy (non-hydrogen) atoms. The molecule has 0 aliphatic carbocycles. The third-order valence-electron chi connectivity index (χ3n) is 4.28. The molecule has 0 aliphatic heterocycles. The van der Waals surface area contributed by atoms with Crippen molar-refractivity contribution in [2.75, 3.05) is 5.32 Å². The SMILES string of the molecule is Cc1cc(C)c(C(=Nc2c(Cl)cccc2Cl)Nc2c(Cl)cccc2Cl)c(C)c1. The first-order valence-corrected chi connectivity index (χ1v) is 10.1. The first kappa shape index (κ1) is 21.0. The Morgan fingerprint density at radius 3 is 1.71 bits per heavy atom. The third kappa shape index (κ3) is 4.47. The number of nitrogens with zero attached hydrogens (tertiary/aromatic N) is 1. The zero-order valence-electron chi connectivity index (χ0n) is 15.6. The molecule has 2 nitrogen and oxygen atoms in total. The molecule has 0 aliphatic rings. The van der Waals surface area contributed by atoms with E-state index in [4.69, 9.17) is 51.4 Å². The minimum atomic E-state index is 0.458. The molecule has 6 heteroatoms. The van der Waals surface area contributed by atoms with Gasteiger partial charge in [-0.3, -0.25) is 0 Å². The maximum Gasteiger partial charge on any atom is 0.139 e. The van der Waals surface area contributed by atoms with Crippen LogP contribution < -0.4 is 5.32 Å². The number of aliphatic imine (C=N–C) groups is 1. The van der Waals surface area contributed by atoms with E-state index in [1.165, 1.54) is 5.56 Å². The van der Waals surface area contributed by atoms with Gasteiger partial charge in [0.15, 0.2) is 0 Å². The zero-order chi connectivity index (χ0) is 20.4. The molecule has 0 amide bonds. The summed E-state index contributed by atoms with van der Waals surface area (Å²) in [7, 11) is 0. The van der Waals surface area contributed by atoms with Crippen LogP contribution in [0.2, 0.25) is 20.1 Å². The van der Waals surface area contributed by atoms with Crippen LogP contribution in [0.25, 0.3) is 0 Å². The van der Waals surface area contributed by atoms with Gasteiger partial charge in [-0.05, 0) is 56.2 Å². The van der Waals surface area contributed by atoms with Crippen LogP contribution in [0.15, 0.2) is 53.5 Å². The molecule has 3 aromatic rings. The summed E-state index contributed by atoms with van der Waals surface area (Å²) in [5, 5.41) is 5.21. The lowest BCUT2D eigenvalue weighted by Crippen LogP contribution is -2.17. The number of rotatable bonds is 3. The molecule has 0 saturated carbocycles. The molecule has 0 saturated heterocycles. The van der Waals surface area contributed by atoms with Gasteiger partial charge in [0.25, 0.3) is 0 Å². The topological polar surface area (TPSA) is 24.4 Å². The summed E-state index contributed by atoms with van der Waals surface area (Å²) in [5.74, 6) is 0.569. The summed E-state index contributed by atoms with van der Waals surface area (Å²) < 4.78 is 0. The van der Waals surface area contributed by atoms with E-state index in [0.29, 0.717) is 37.3 Å². The van der Waals surface area contributed by atoms with Gasteiger partial charge >= 0.3 is 0 Å². The van der Waals surface area contributed by atoms with Gasteiger partial charge in [-0.25, -0.2) is 4.99 Å². The van der Waals surface area contributed by atoms with Crippen molar-refractivity contribution >= 4 is 63.6 Å². The molecule has 0 heterocycles. The molecular formula is C22H18Cl4N2. The highest BCUT2D eigenvalue weighted by atomic mass is 35.5. The van der Waals surface area contributed by atoms with E-state index in [1.807, 2.05) is 13.8 Å². The number of benzene rings is 3. The van der Waals surface area contributed by atoms with Gasteiger partial charge in [-0.2, -0.15) is 0 Å². The smallest absolute Gasteiger partial charge is 0.139 e. The van der Waals surface area contributed by atoms with E-state index in [-0.39, 0.29) is 0 Å². The van der Waals surface area contributed by atoms with Gasteiger partial charge in [-0.15, -0.1) is 0 Å². The molecule has 0 aromatic heterocycles. The maximum atomic E-state index is 6.38. The average molecular weight is 452 g/mol. The lowest BCUT2D eigenvalue weighted by atomic mass is 9.98. The lowest BCUT2D eigenvalue weighted by molar-refractivity contribution is 1.29. The number of hydrogen-bond donors (Lipinski definition) is 1. The van der Waals surface area contributed by atoms with Crippen LogP contribution in [0.1, 0.15) is 22.3 Å². The van der Waals surface area contributed by atoms with Crippen molar-refractivity contribution in [2.45, 2.75) is 20.8 Å². The fraction of sp³-hybridized carbons (Fsp3) is 0.136. The summed E-state index contributed by atoms with van der Waals surface area (Å²) in [5.41, 5.74) is 5.30. The molecule has 1 N–H and O–H groups in total. The number of anilines is 1. The highest BCUT2D eigenvalue weighted by Gasteiger charge is 2.16. The zero-order valence-corrected chi connectivity index (χ0v) is 18.6. The van der Waals surface area contributed by atoms with Gasteiger partial charge in [-0.1, -0.05) is 76.2 Å². The predicted octanol–water partition coefficient (Wildman–Crippen LogP) is 8.42. The molecule has 3 aromatic carbocycles. The molecule has 0 unspecified atom stereocenters. The first-order chi connectivity index (χ1) is 13.3. The van der Waals surface area contributed by atoms with E-state index in [1.54, 1.807) is 36.4 Å². The fourth-order valence-electron chi connectivity index (χ4n) is 3.14. The van der Waals surface area contributed by atoms with Gasteiger partial charge in [0.05, 0.1) is 25.8 Å². The predicted molar refractivity (Wildman–Crippen MR) is 123 cm³/mol. The van der Waals surface area contributed by atoms with Crippen LogP contribution in [0, 0.1) is 20.8 Å². The Morgan fingerprint density at radius 2 is 1.21 bits per heavy atom. The van der Waals surface area contributed by atoms with Crippen LogP contribution in [0.3, 0.4) is 0 Å². The number of halogens is 4. The highest BCUT2D eigenvalue weighted by molar-refractivity contribution is 6.41. The van der Waals surface area contributed by atoms with Crippen LogP contribution in [-0.2, 0) is 0 Å². The van der Waals surface area contributed by atoms with E-state index in [0.717, 1.165) is 16.7 Å². The van der Waals surface area contributed by atoms with Gasteiger partial charge in [0.1, 0.15) is 11.5 Å². The van der Waals surface area contributed by atoms with Gasteiger partial charge in [0, 0.05) is 5.56 Å². The van der Waals surface area contributed by atoms with Crippen LogP contribution in [-0.4, -0.2) is 5.84 Å². The number of hydrogen-bond acceptors (Lipinski definition) is 1. The second-order valence-corrected chi connectivity index (χ2v) is 8.15. The van der Waals surface area contributed by atoms with Crippen molar-refractivity contribution < 1.29 is 0 Å². The van der Waals surface area contributed by atoms with Crippen LogP contribution in [0.5, 0.6) is 0 Å². The summed E-state index contributed by atoms with van der Waals surface area (Å²) in [6.45, 7) is 6.13. The van der Waals surface area contributed by atoms with Crippen LogP contribution in [0.4, 0.5) is 11.4 Å². The fourth-order valence-corrected chi connectivity index (χ4v) is 4.12. The van der Waals surface area contributed by atoms with Crippen LogP contribution >= 0.6 is 46.4 Å². The van der Waals surface area contributed by atoms with E-state index in [9.17, 15) is 0 Å². The summed E-state index contributed by atoms with van der Waals surface area (Å²) in [6.07, 6.45) is 0. The molecule has 0 radical (unpaired) electrons. The van der Waals surface area contributed by atoms with Crippen molar-refractivity contribution in [3.8, 4) is 0 Å². The number of amidine groups is 1. The quantitative estimate of drug-likeness (QED) is 0.313. The number of nitrogens with one attached hydrogen (secondary N) is 1. The standard InChI is InChI=1S/C22H18Cl4N2/c1-12-10-13(2)19(14(3)11-12)22(27-20-15(23)6-4-7-16(20)24)28-21-17(25)8-5-9-18(21)26/h4-11H,1-3H3,(H,27,28). The minimum Gasteiger partial charge on any atom is -0.337 e. The Bertz CT molecular complexity index is 1010. The van der Waals surface area contributed by atoms with Crippen molar-refractivity contribution in [3.05, 3.63) is 90.9 Å². The van der Waals surface area contributed by atoms with Crippen molar-refractivity contribution in [3.63, 3.8) is 0 Å². The van der Waals surface area contributed by atoms with E-state index < -0.39 is 0 Å². The molecule has 0 atom stereocenters. The Kier molecular flexibility index (Phi) is 6.57. The molecule has 0 fully saturated rings. The molecular weight excluding hydrogens is 434 g/mol. The van der Waals surface area contributed by atoms with E-state index >= 15 is 0 Å². The molecule has 3 rings (SSSR count). The Labute approximate surface area is 185 Å². The highest BCUT2D eigenvalue weighted by Crippen LogP contribution is 2.35. The van der Waals surface area contributed by atoms with Crippen molar-refractivity contribution in [2.24, 2.45) is 4.99 Å². The molecule has 0 spiro atoms. The lowest BCUT2D eigenvalue weighted by Gasteiger charge is -2.18. The normalized spacial score (nSPS) is 11.6. The summed E-state index contributed by atoms with van der Waals surface area (Å²) >= 11 is 25.5. The molecule has 0 bridgehead atoms. The van der Waals surface area contributed by atoms with Crippen molar-refractivity contribution in [1.29, 1.82) is 0 Å². The Hall–Kier alpha value is -1.71. The third-order valence-corrected chi connectivity index (χ3v) is 5.52. The maximum absolute atomic E-state index is 6.38. The van der Waals surface area contributed by atoms with Gasteiger partial charge in [0.2, 0.25) is 0 Å². The van der Waals surface area contributed by atoms with E-state index in [2.05, 4.69) is 24.4 Å². The average Bonchev–Trinajstić information content (AvgIpc) is 2.60. The largest absolute Gasteiger partial charge is 0.337 e. The second-order valence-electron chi connectivity index (χ2n) is 6.53. The summed E-state index contributed by atoms with van der Waals surface area (Å²) in [4.78, 5) is 4.78. The second kappa shape index (κ2) is 8.75.